The van der Waals surface area contributed by atoms with Crippen LogP contribution in [0.5, 0.6) is 0 Å². The molecule has 0 amide bonds. The lowest BCUT2D eigenvalue weighted by molar-refractivity contribution is 0.630. The van der Waals surface area contributed by atoms with E-state index in [1.807, 2.05) is 49.4 Å². The quantitative estimate of drug-likeness (QED) is 0.459. The van der Waals surface area contributed by atoms with Crippen LogP contribution in [0, 0.1) is 12.7 Å². The molecule has 0 aliphatic rings. The first kappa shape index (κ1) is 17.6. The van der Waals surface area contributed by atoms with Gasteiger partial charge in [0, 0.05) is 5.56 Å². The van der Waals surface area contributed by atoms with Crippen LogP contribution in [0.25, 0.3) is 16.9 Å². The van der Waals surface area contributed by atoms with Crippen molar-refractivity contribution in [2.75, 3.05) is 0 Å². The minimum absolute atomic E-state index is 0.0530. The average Bonchev–Trinajstić information content (AvgIpc) is 3.04. The molecular formula is C22H17FN4O. The Balaban J connectivity index is 1.91. The van der Waals surface area contributed by atoms with Gasteiger partial charge in [-0.15, -0.1) is 5.11 Å². The fourth-order valence-corrected chi connectivity index (χ4v) is 2.91. The summed E-state index contributed by atoms with van der Waals surface area (Å²) in [6, 6.07) is 22.8. The summed E-state index contributed by atoms with van der Waals surface area (Å²) in [4.78, 5) is 13.0. The number of H-pyrrole nitrogens is 1. The third-order valence-electron chi connectivity index (χ3n) is 4.40. The van der Waals surface area contributed by atoms with Crippen molar-refractivity contribution in [3.63, 3.8) is 0 Å². The van der Waals surface area contributed by atoms with Crippen molar-refractivity contribution < 1.29 is 4.39 Å². The molecule has 3 aromatic carbocycles. The number of nitrogens with zero attached hydrogens (tertiary/aromatic N) is 3. The van der Waals surface area contributed by atoms with Gasteiger partial charge >= 0.3 is 0 Å². The largest absolute Gasteiger partial charge is 0.299 e. The van der Waals surface area contributed by atoms with E-state index in [4.69, 9.17) is 0 Å². The molecule has 0 atom stereocenters. The van der Waals surface area contributed by atoms with Gasteiger partial charge in [-0.2, -0.15) is 5.11 Å². The normalized spacial score (nSPS) is 11.2. The van der Waals surface area contributed by atoms with E-state index in [1.54, 1.807) is 30.3 Å². The molecule has 0 bridgehead atoms. The van der Waals surface area contributed by atoms with E-state index in [-0.39, 0.29) is 16.9 Å². The predicted molar refractivity (Wildman–Crippen MR) is 107 cm³/mol. The molecule has 0 saturated heterocycles. The maximum atomic E-state index is 14.4. The molecule has 4 aromatic rings. The summed E-state index contributed by atoms with van der Waals surface area (Å²) in [6.07, 6.45) is 0. The SMILES string of the molecule is Cc1ccccc1N=Nc1c(-c2ccccc2F)[nH]n(-c2ccccc2)c1=O. The Morgan fingerprint density at radius 1 is 0.857 bits per heavy atom. The molecule has 0 aliphatic carbocycles. The Morgan fingerprint density at radius 2 is 1.54 bits per heavy atom. The second kappa shape index (κ2) is 7.44. The lowest BCUT2D eigenvalue weighted by atomic mass is 10.1. The molecule has 138 valence electrons. The number of aryl methyl sites for hydroxylation is 1. The minimum Gasteiger partial charge on any atom is -0.288 e. The number of aromatic amines is 1. The van der Waals surface area contributed by atoms with Gasteiger partial charge in [0.2, 0.25) is 0 Å². The fraction of sp³-hybridized carbons (Fsp3) is 0.0455. The second-order valence-electron chi connectivity index (χ2n) is 6.28. The molecule has 0 spiro atoms. The number of aromatic nitrogens is 2. The van der Waals surface area contributed by atoms with Crippen LogP contribution in [0.1, 0.15) is 5.56 Å². The highest BCUT2D eigenvalue weighted by molar-refractivity contribution is 5.72. The summed E-state index contributed by atoms with van der Waals surface area (Å²) in [5.74, 6) is -0.448. The Morgan fingerprint density at radius 3 is 2.29 bits per heavy atom. The highest BCUT2D eigenvalue weighted by atomic mass is 19.1. The van der Waals surface area contributed by atoms with Crippen molar-refractivity contribution in [1.29, 1.82) is 0 Å². The number of nitrogens with one attached hydrogen (secondary N) is 1. The van der Waals surface area contributed by atoms with Crippen molar-refractivity contribution in [3.8, 4) is 16.9 Å². The summed E-state index contributed by atoms with van der Waals surface area (Å²) in [6.45, 7) is 1.91. The number of halogens is 1. The van der Waals surface area contributed by atoms with Gasteiger partial charge in [0.05, 0.1) is 17.1 Å². The van der Waals surface area contributed by atoms with Crippen molar-refractivity contribution in [3.05, 3.63) is 101 Å². The molecule has 0 saturated carbocycles. The van der Waals surface area contributed by atoms with Crippen molar-refractivity contribution in [2.24, 2.45) is 10.2 Å². The van der Waals surface area contributed by atoms with Crippen LogP contribution in [0.3, 0.4) is 0 Å². The molecule has 1 aromatic heterocycles. The van der Waals surface area contributed by atoms with Gasteiger partial charge in [-0.05, 0) is 42.8 Å². The van der Waals surface area contributed by atoms with E-state index in [0.717, 1.165) is 5.56 Å². The molecule has 6 heteroatoms. The van der Waals surface area contributed by atoms with Crippen LogP contribution < -0.4 is 5.56 Å². The minimum atomic E-state index is -0.448. The topological polar surface area (TPSA) is 62.5 Å². The fourth-order valence-electron chi connectivity index (χ4n) is 2.91. The van der Waals surface area contributed by atoms with Gasteiger partial charge in [-0.1, -0.05) is 48.5 Å². The molecule has 0 aliphatic heterocycles. The van der Waals surface area contributed by atoms with Crippen molar-refractivity contribution >= 4 is 11.4 Å². The third kappa shape index (κ3) is 3.27. The Kier molecular flexibility index (Phi) is 4.68. The van der Waals surface area contributed by atoms with E-state index >= 15 is 0 Å². The molecule has 0 fully saturated rings. The Bertz CT molecular complexity index is 1210. The molecular weight excluding hydrogens is 355 g/mol. The van der Waals surface area contributed by atoms with Gasteiger partial charge < -0.3 is 0 Å². The van der Waals surface area contributed by atoms with Gasteiger partial charge in [0.25, 0.3) is 5.56 Å². The van der Waals surface area contributed by atoms with Gasteiger partial charge in [0.1, 0.15) is 5.82 Å². The number of para-hydroxylation sites is 1. The molecule has 28 heavy (non-hydrogen) atoms. The zero-order chi connectivity index (χ0) is 19.5. The van der Waals surface area contributed by atoms with E-state index in [0.29, 0.717) is 11.4 Å². The van der Waals surface area contributed by atoms with E-state index in [1.165, 1.54) is 10.7 Å². The monoisotopic (exact) mass is 372 g/mol. The van der Waals surface area contributed by atoms with E-state index in [9.17, 15) is 9.18 Å². The van der Waals surface area contributed by atoms with Gasteiger partial charge in [-0.25, -0.2) is 9.07 Å². The maximum Gasteiger partial charge on any atom is 0.299 e. The average molecular weight is 372 g/mol. The van der Waals surface area contributed by atoms with Gasteiger partial charge in [-0.3, -0.25) is 9.89 Å². The third-order valence-corrected chi connectivity index (χ3v) is 4.40. The van der Waals surface area contributed by atoms with Crippen LogP contribution in [0.2, 0.25) is 0 Å². The standard InChI is InChI=1S/C22H17FN4O/c1-15-9-5-8-14-19(15)24-25-21-20(17-12-6-7-13-18(17)23)26-27(22(21)28)16-10-3-2-4-11-16/h2-14,26H,1H3. The van der Waals surface area contributed by atoms with Gasteiger partial charge in [0.15, 0.2) is 5.69 Å². The second-order valence-corrected chi connectivity index (χ2v) is 6.28. The van der Waals surface area contributed by atoms with Crippen LogP contribution in [-0.2, 0) is 0 Å². The first-order chi connectivity index (χ1) is 13.6. The number of rotatable bonds is 4. The molecule has 1 heterocycles. The molecule has 5 nitrogen and oxygen atoms in total. The van der Waals surface area contributed by atoms with Crippen LogP contribution in [0.15, 0.2) is 93.9 Å². The number of hydrogen-bond acceptors (Lipinski definition) is 3. The molecule has 4 rings (SSSR count). The highest BCUT2D eigenvalue weighted by Crippen LogP contribution is 2.30. The van der Waals surface area contributed by atoms with E-state index < -0.39 is 11.4 Å². The predicted octanol–water partition coefficient (Wildman–Crippen LogP) is 5.70. The van der Waals surface area contributed by atoms with E-state index in [2.05, 4.69) is 15.3 Å². The highest BCUT2D eigenvalue weighted by Gasteiger charge is 2.19. The number of azo groups is 1. The smallest absolute Gasteiger partial charge is 0.288 e. The molecule has 0 unspecified atom stereocenters. The first-order valence-corrected chi connectivity index (χ1v) is 8.78. The summed E-state index contributed by atoms with van der Waals surface area (Å²) in [5.41, 5.74) is 2.39. The zero-order valence-corrected chi connectivity index (χ0v) is 15.1. The maximum absolute atomic E-state index is 14.4. The Labute approximate surface area is 160 Å². The molecule has 0 radical (unpaired) electrons. The number of benzene rings is 3. The van der Waals surface area contributed by atoms with Crippen molar-refractivity contribution in [2.45, 2.75) is 6.92 Å². The lowest BCUT2D eigenvalue weighted by Gasteiger charge is -2.02. The summed E-state index contributed by atoms with van der Waals surface area (Å²) >= 11 is 0. The lowest BCUT2D eigenvalue weighted by Crippen LogP contribution is -2.13. The van der Waals surface area contributed by atoms with Crippen LogP contribution >= 0.6 is 0 Å². The van der Waals surface area contributed by atoms with Crippen LogP contribution in [0.4, 0.5) is 15.8 Å². The number of hydrogen-bond donors (Lipinski definition) is 1. The molecule has 1 N–H and O–H groups in total. The van der Waals surface area contributed by atoms with Crippen LogP contribution in [-0.4, -0.2) is 9.78 Å². The summed E-state index contributed by atoms with van der Waals surface area (Å²) in [7, 11) is 0. The summed E-state index contributed by atoms with van der Waals surface area (Å²) < 4.78 is 15.8. The van der Waals surface area contributed by atoms with Crippen molar-refractivity contribution in [1.82, 2.24) is 9.78 Å². The first-order valence-electron chi connectivity index (χ1n) is 8.78. The summed E-state index contributed by atoms with van der Waals surface area (Å²) in [5, 5.41) is 11.4. The zero-order valence-electron chi connectivity index (χ0n) is 15.1. The Hall–Kier alpha value is -3.80.